The van der Waals surface area contributed by atoms with Crippen LogP contribution < -0.4 is 9.64 Å². The van der Waals surface area contributed by atoms with Gasteiger partial charge in [0.15, 0.2) is 0 Å². The van der Waals surface area contributed by atoms with Crippen LogP contribution in [-0.4, -0.2) is 48.5 Å². The molecule has 0 bridgehead atoms. The number of fused-ring (bicyclic) bond motifs is 2. The molecule has 6 heteroatoms. The van der Waals surface area contributed by atoms with Crippen LogP contribution in [0.3, 0.4) is 0 Å². The summed E-state index contributed by atoms with van der Waals surface area (Å²) in [6.07, 6.45) is -0.164. The summed E-state index contributed by atoms with van der Waals surface area (Å²) in [6.45, 7) is 3.27. The average Bonchev–Trinajstić information content (AvgIpc) is 2.91. The summed E-state index contributed by atoms with van der Waals surface area (Å²) < 4.78 is 8.24. The zero-order valence-corrected chi connectivity index (χ0v) is 21.5. The van der Waals surface area contributed by atoms with E-state index in [1.54, 1.807) is 19.0 Å². The predicted octanol–water partition coefficient (Wildman–Crippen LogP) is 6.66. The van der Waals surface area contributed by atoms with E-state index >= 15 is 0 Å². The number of amides is 1. The second-order valence-electron chi connectivity index (χ2n) is 9.39. The Hall–Kier alpha value is -3.54. The number of anilines is 2. The molecule has 2 atom stereocenters. The fourth-order valence-corrected chi connectivity index (χ4v) is 5.08. The predicted molar refractivity (Wildman–Crippen MR) is 147 cm³/mol. The lowest BCUT2D eigenvalue weighted by Crippen LogP contribution is -2.43. The fraction of sp³-hybridized carbons (Fsp3) is 0.233. The number of carbonyl (C=O) groups excluding carboxylic acids is 1. The number of carbonyl (C=O) groups is 1. The third kappa shape index (κ3) is 4.77. The SMILES string of the molecule is C[C@H](c1cccc2ccccc12)N(Cl)CC1CN(c2cccc(C(=O)N(C)C)c2)c2ccccc2O1. The van der Waals surface area contributed by atoms with Crippen LogP contribution >= 0.6 is 11.8 Å². The van der Waals surface area contributed by atoms with Gasteiger partial charge >= 0.3 is 0 Å². The van der Waals surface area contributed by atoms with Gasteiger partial charge in [-0.05, 0) is 65.4 Å². The third-order valence-electron chi connectivity index (χ3n) is 6.72. The summed E-state index contributed by atoms with van der Waals surface area (Å²) in [5.41, 5.74) is 3.77. The normalized spacial score (nSPS) is 15.9. The van der Waals surface area contributed by atoms with E-state index in [9.17, 15) is 4.79 Å². The Morgan fingerprint density at radius 1 is 1.00 bits per heavy atom. The molecule has 5 nitrogen and oxygen atoms in total. The van der Waals surface area contributed by atoms with Crippen LogP contribution in [0.2, 0.25) is 0 Å². The summed E-state index contributed by atoms with van der Waals surface area (Å²) in [6, 6.07) is 30.5. The quantitative estimate of drug-likeness (QED) is 0.278. The smallest absolute Gasteiger partial charge is 0.253 e. The van der Waals surface area contributed by atoms with Gasteiger partial charge in [0.2, 0.25) is 0 Å². The summed E-state index contributed by atoms with van der Waals surface area (Å²) in [4.78, 5) is 16.4. The van der Waals surface area contributed by atoms with E-state index in [0.29, 0.717) is 18.7 Å². The second-order valence-corrected chi connectivity index (χ2v) is 9.83. The lowest BCUT2D eigenvalue weighted by atomic mass is 9.99. The van der Waals surface area contributed by atoms with Gasteiger partial charge in [-0.15, -0.1) is 0 Å². The molecule has 36 heavy (non-hydrogen) atoms. The Balaban J connectivity index is 1.41. The van der Waals surface area contributed by atoms with Crippen LogP contribution in [0.1, 0.15) is 28.9 Å². The molecule has 0 saturated heterocycles. The van der Waals surface area contributed by atoms with Crippen LogP contribution in [0.25, 0.3) is 10.8 Å². The summed E-state index contributed by atoms with van der Waals surface area (Å²) >= 11 is 6.91. The van der Waals surface area contributed by atoms with Crippen LogP contribution in [0, 0.1) is 0 Å². The number of hydrogen-bond acceptors (Lipinski definition) is 4. The van der Waals surface area contributed by atoms with Crippen molar-refractivity contribution in [2.75, 3.05) is 32.1 Å². The lowest BCUT2D eigenvalue weighted by molar-refractivity contribution is 0.0827. The number of benzene rings is 4. The Labute approximate surface area is 217 Å². The molecule has 1 aliphatic rings. The van der Waals surface area contributed by atoms with E-state index in [1.807, 2.05) is 52.9 Å². The van der Waals surface area contributed by atoms with Gasteiger partial charge in [-0.25, -0.2) is 4.42 Å². The Bertz CT molecular complexity index is 1380. The first kappa shape index (κ1) is 24.2. The van der Waals surface area contributed by atoms with E-state index in [-0.39, 0.29) is 18.1 Å². The number of rotatable bonds is 6. The molecule has 4 aromatic rings. The van der Waals surface area contributed by atoms with Crippen molar-refractivity contribution < 1.29 is 9.53 Å². The first-order valence-electron chi connectivity index (χ1n) is 12.2. The molecule has 1 unspecified atom stereocenters. The van der Waals surface area contributed by atoms with Crippen LogP contribution in [0.4, 0.5) is 11.4 Å². The highest BCUT2D eigenvalue weighted by Gasteiger charge is 2.30. The van der Waals surface area contributed by atoms with E-state index < -0.39 is 0 Å². The molecule has 0 aromatic heterocycles. The van der Waals surface area contributed by atoms with Crippen molar-refractivity contribution >= 4 is 39.8 Å². The number of ether oxygens (including phenoxy) is 1. The van der Waals surface area contributed by atoms with Gasteiger partial charge in [-0.3, -0.25) is 4.79 Å². The van der Waals surface area contributed by atoms with Gasteiger partial charge in [-0.2, -0.15) is 0 Å². The Morgan fingerprint density at radius 2 is 1.72 bits per heavy atom. The number of hydrogen-bond donors (Lipinski definition) is 0. The molecule has 0 N–H and O–H groups in total. The minimum absolute atomic E-state index is 0.00646. The monoisotopic (exact) mass is 499 g/mol. The Morgan fingerprint density at radius 3 is 2.56 bits per heavy atom. The molecular weight excluding hydrogens is 470 g/mol. The summed E-state index contributed by atoms with van der Waals surface area (Å²) in [5, 5.41) is 2.41. The molecule has 1 aliphatic heterocycles. The molecule has 0 saturated carbocycles. The summed E-state index contributed by atoms with van der Waals surface area (Å²) in [5.74, 6) is 0.784. The maximum absolute atomic E-state index is 12.6. The topological polar surface area (TPSA) is 36.0 Å². The molecular formula is C30H30ClN3O2. The highest BCUT2D eigenvalue weighted by atomic mass is 35.5. The van der Waals surface area contributed by atoms with Gasteiger partial charge in [-0.1, -0.05) is 60.7 Å². The van der Waals surface area contributed by atoms with Gasteiger partial charge in [0, 0.05) is 31.4 Å². The van der Waals surface area contributed by atoms with Crippen molar-refractivity contribution in [3.05, 3.63) is 102 Å². The van der Waals surface area contributed by atoms with Crippen LogP contribution in [0.5, 0.6) is 5.75 Å². The largest absolute Gasteiger partial charge is 0.485 e. The van der Waals surface area contributed by atoms with Crippen molar-refractivity contribution in [3.8, 4) is 5.75 Å². The van der Waals surface area contributed by atoms with Crippen molar-refractivity contribution in [1.29, 1.82) is 0 Å². The van der Waals surface area contributed by atoms with Gasteiger partial charge in [0.05, 0.1) is 18.8 Å². The van der Waals surface area contributed by atoms with Gasteiger partial charge in [0.25, 0.3) is 5.91 Å². The van der Waals surface area contributed by atoms with Gasteiger partial charge in [0.1, 0.15) is 11.9 Å². The highest BCUT2D eigenvalue weighted by Crippen LogP contribution is 2.39. The number of para-hydroxylation sites is 2. The summed E-state index contributed by atoms with van der Waals surface area (Å²) in [7, 11) is 3.53. The fourth-order valence-electron chi connectivity index (χ4n) is 4.82. The average molecular weight is 500 g/mol. The van der Waals surface area contributed by atoms with E-state index in [0.717, 1.165) is 17.1 Å². The molecule has 0 spiro atoms. The zero-order chi connectivity index (χ0) is 25.2. The van der Waals surface area contributed by atoms with Crippen LogP contribution in [0.15, 0.2) is 91.0 Å². The van der Waals surface area contributed by atoms with Gasteiger partial charge < -0.3 is 14.5 Å². The van der Waals surface area contributed by atoms with Crippen molar-refractivity contribution in [2.45, 2.75) is 19.1 Å². The molecule has 0 radical (unpaired) electrons. The van der Waals surface area contributed by atoms with E-state index in [1.165, 1.54) is 16.3 Å². The van der Waals surface area contributed by atoms with E-state index in [4.69, 9.17) is 16.5 Å². The highest BCUT2D eigenvalue weighted by molar-refractivity contribution is 6.13. The van der Waals surface area contributed by atoms with Crippen molar-refractivity contribution in [1.82, 2.24) is 9.32 Å². The van der Waals surface area contributed by atoms with Crippen molar-refractivity contribution in [3.63, 3.8) is 0 Å². The Kier molecular flexibility index (Phi) is 6.86. The maximum Gasteiger partial charge on any atom is 0.253 e. The first-order chi connectivity index (χ1) is 17.4. The van der Waals surface area contributed by atoms with E-state index in [2.05, 4.69) is 54.3 Å². The number of nitrogens with zero attached hydrogens (tertiary/aromatic N) is 3. The van der Waals surface area contributed by atoms with Crippen LogP contribution in [-0.2, 0) is 0 Å². The molecule has 184 valence electrons. The molecule has 0 aliphatic carbocycles. The molecule has 5 rings (SSSR count). The first-order valence-corrected chi connectivity index (χ1v) is 12.5. The number of halogens is 1. The zero-order valence-electron chi connectivity index (χ0n) is 20.8. The third-order valence-corrected chi connectivity index (χ3v) is 7.15. The maximum atomic E-state index is 12.6. The molecule has 1 heterocycles. The molecule has 1 amide bonds. The lowest BCUT2D eigenvalue weighted by Gasteiger charge is -2.38. The minimum Gasteiger partial charge on any atom is -0.485 e. The van der Waals surface area contributed by atoms with Crippen molar-refractivity contribution in [2.24, 2.45) is 0 Å². The standard InChI is InChI=1S/C30H30ClN3O2/c1-21(26-15-9-11-22-10-4-5-14-27(22)26)34(31)20-25-19-33(28-16-6-7-17-29(28)36-25)24-13-8-12-23(18-24)30(35)32(2)3/h4-18,21,25H,19-20H2,1-3H3/t21-,25?/m1/s1. The molecule has 0 fully saturated rings. The minimum atomic E-state index is -0.164. The second kappa shape index (κ2) is 10.2. The molecule has 4 aromatic carbocycles.